The SMILES string of the molecule is CC(C)CCC[C@@H](C)[C@H]1CCC2C3CC=C4CC(OS(=O)(=O)O)CC[C@]4(C)C3CC[C@@]21C.CCCCCCCCCCCCCCCC(O)C(CO)NC(=O)C(O)CCCCCCCCCCCCCC. The molecule has 9 nitrogen and oxygen atoms in total. The van der Waals surface area contributed by atoms with Crippen LogP contribution in [0.4, 0.5) is 0 Å². The molecule has 0 saturated heterocycles. The maximum atomic E-state index is 12.4. The quantitative estimate of drug-likeness (QED) is 0.0233. The predicted molar refractivity (Wildman–Crippen MR) is 297 cm³/mol. The predicted octanol–water partition coefficient (Wildman–Crippen LogP) is 16.0. The van der Waals surface area contributed by atoms with Gasteiger partial charge in [0.15, 0.2) is 0 Å². The molecule has 0 aromatic rings. The maximum absolute atomic E-state index is 12.4. The molecule has 10 heteroatoms. The molecule has 3 fully saturated rings. The molecular weight excluding hydrogens is 907 g/mol. The molecule has 0 radical (unpaired) electrons. The Morgan fingerprint density at radius 3 is 1.66 bits per heavy atom. The van der Waals surface area contributed by atoms with Gasteiger partial charge < -0.3 is 20.6 Å². The third-order valence-corrected chi connectivity index (χ3v) is 19.3. The Labute approximate surface area is 438 Å². The Hall–Kier alpha value is -1.04. The molecule has 0 aliphatic heterocycles. The number of rotatable bonds is 38. The monoisotopic (exact) mass is 1020 g/mol. The van der Waals surface area contributed by atoms with Crippen molar-refractivity contribution in [3.8, 4) is 0 Å². The minimum atomic E-state index is -4.38. The lowest BCUT2D eigenvalue weighted by Gasteiger charge is -2.58. The van der Waals surface area contributed by atoms with E-state index in [9.17, 15) is 28.5 Å². The van der Waals surface area contributed by atoms with Crippen molar-refractivity contribution in [2.45, 2.75) is 317 Å². The maximum Gasteiger partial charge on any atom is 0.397 e. The fraction of sp³-hybridized carbons (Fsp3) is 0.951. The highest BCUT2D eigenvalue weighted by Gasteiger charge is 2.59. The molecule has 5 N–H and O–H groups in total. The summed E-state index contributed by atoms with van der Waals surface area (Å²) in [6.45, 7) is 16.5. The van der Waals surface area contributed by atoms with Crippen LogP contribution in [0.15, 0.2) is 11.6 Å². The van der Waals surface area contributed by atoms with E-state index in [0.29, 0.717) is 37.0 Å². The number of amides is 1. The van der Waals surface area contributed by atoms with E-state index in [2.05, 4.69) is 59.9 Å². The van der Waals surface area contributed by atoms with Crippen LogP contribution in [-0.4, -0.2) is 65.2 Å². The van der Waals surface area contributed by atoms with Crippen LogP contribution in [-0.2, 0) is 19.4 Å². The Balaban J connectivity index is 0.000000381. The number of carbonyl (C=O) groups is 1. The number of nitrogens with one attached hydrogen (secondary N) is 1. The van der Waals surface area contributed by atoms with Gasteiger partial charge in [-0.3, -0.25) is 9.35 Å². The first kappa shape index (κ1) is 64.2. The largest absolute Gasteiger partial charge is 0.397 e. The molecule has 0 aromatic carbocycles. The highest BCUT2D eigenvalue weighted by molar-refractivity contribution is 7.80. The number of aliphatic hydroxyl groups is 3. The van der Waals surface area contributed by atoms with Crippen LogP contribution in [0.2, 0.25) is 0 Å². The van der Waals surface area contributed by atoms with Crippen LogP contribution >= 0.6 is 0 Å². The van der Waals surface area contributed by atoms with Gasteiger partial charge in [-0.2, -0.15) is 8.42 Å². The van der Waals surface area contributed by atoms with Crippen molar-refractivity contribution in [1.29, 1.82) is 0 Å². The Morgan fingerprint density at radius 2 is 1.17 bits per heavy atom. The average molecular weight is 1020 g/mol. The summed E-state index contributed by atoms with van der Waals surface area (Å²) in [5.41, 5.74) is 2.05. The second-order valence-electron chi connectivity index (χ2n) is 24.8. The van der Waals surface area contributed by atoms with Crippen molar-refractivity contribution < 1.29 is 37.3 Å². The van der Waals surface area contributed by atoms with Crippen LogP contribution in [0.25, 0.3) is 0 Å². The number of unbranched alkanes of at least 4 members (excludes halogenated alkanes) is 23. The van der Waals surface area contributed by atoms with E-state index in [1.807, 2.05) is 0 Å². The highest BCUT2D eigenvalue weighted by Crippen LogP contribution is 2.67. The average Bonchev–Trinajstić information content (AvgIpc) is 3.69. The third kappa shape index (κ3) is 23.4. The van der Waals surface area contributed by atoms with Crippen molar-refractivity contribution >= 4 is 16.3 Å². The minimum absolute atomic E-state index is 0.171. The lowest BCUT2D eigenvalue weighted by atomic mass is 9.47. The summed E-state index contributed by atoms with van der Waals surface area (Å²) >= 11 is 0. The zero-order valence-corrected chi connectivity index (χ0v) is 48.1. The zero-order chi connectivity index (χ0) is 52.1. The number of fused-ring (bicyclic) bond motifs is 5. The van der Waals surface area contributed by atoms with Crippen molar-refractivity contribution in [1.82, 2.24) is 5.32 Å². The summed E-state index contributed by atoms with van der Waals surface area (Å²) in [5, 5.41) is 33.0. The van der Waals surface area contributed by atoms with Crippen LogP contribution in [0.3, 0.4) is 0 Å². The van der Waals surface area contributed by atoms with Gasteiger partial charge in [0.05, 0.1) is 24.9 Å². The van der Waals surface area contributed by atoms with Gasteiger partial charge in [-0.15, -0.1) is 0 Å². The standard InChI is InChI=1S/C34H69NO4.C27H46O4S/c1-3-5-7-9-11-13-15-17-19-20-22-24-26-28-32(37)31(30-36)35-34(39)33(38)29-27-25-23-21-18-16-14-12-10-8-6-4-2;1-18(2)7-6-8-19(3)23-11-12-24-22-10-9-20-17-21(31-32(28,29)30)13-15-26(20,4)25(22)14-16-27(23,24)5/h31-33,36-38H,3-30H2,1-2H3,(H,35,39);9,18-19,21-25H,6-8,10-17H2,1-5H3,(H,28,29,30)/t;19-,21?,22?,23-,24?,25?,26+,27-/m.1/s1. The van der Waals surface area contributed by atoms with Crippen LogP contribution in [0.5, 0.6) is 0 Å². The van der Waals surface area contributed by atoms with Gasteiger partial charge in [0, 0.05) is 0 Å². The number of allylic oxidation sites excluding steroid dienone is 1. The molecule has 0 heterocycles. The molecule has 0 bridgehead atoms. The highest BCUT2D eigenvalue weighted by atomic mass is 32.3. The van der Waals surface area contributed by atoms with Gasteiger partial charge in [-0.1, -0.05) is 240 Å². The minimum Gasteiger partial charge on any atom is -0.394 e. The molecule has 71 heavy (non-hydrogen) atoms. The number of hydrogen-bond acceptors (Lipinski definition) is 7. The number of aliphatic hydroxyl groups excluding tert-OH is 3. The van der Waals surface area contributed by atoms with Crippen LogP contribution in [0.1, 0.15) is 292 Å². The molecule has 0 spiro atoms. The smallest absolute Gasteiger partial charge is 0.394 e. The summed E-state index contributed by atoms with van der Waals surface area (Å²) in [6, 6.07) is -0.702. The summed E-state index contributed by atoms with van der Waals surface area (Å²) in [6.07, 6.45) is 45.9. The van der Waals surface area contributed by atoms with Crippen LogP contribution in [0, 0.1) is 46.3 Å². The van der Waals surface area contributed by atoms with E-state index < -0.39 is 40.7 Å². The van der Waals surface area contributed by atoms with Crippen molar-refractivity contribution in [3.05, 3.63) is 11.6 Å². The fourth-order valence-electron chi connectivity index (χ4n) is 14.3. The third-order valence-electron chi connectivity index (χ3n) is 18.7. The second-order valence-corrected chi connectivity index (χ2v) is 25.8. The Bertz CT molecular complexity index is 1540. The molecule has 4 rings (SSSR count). The van der Waals surface area contributed by atoms with Crippen molar-refractivity contribution in [2.24, 2.45) is 46.3 Å². The Morgan fingerprint density at radius 1 is 0.662 bits per heavy atom. The number of hydrogen-bond donors (Lipinski definition) is 5. The first-order chi connectivity index (χ1) is 34.0. The molecule has 7 unspecified atom stereocenters. The summed E-state index contributed by atoms with van der Waals surface area (Å²) in [4.78, 5) is 12.4. The molecule has 4 aliphatic carbocycles. The lowest BCUT2D eigenvalue weighted by molar-refractivity contribution is -0.131. The van der Waals surface area contributed by atoms with E-state index in [1.165, 1.54) is 179 Å². The molecule has 3 saturated carbocycles. The lowest BCUT2D eigenvalue weighted by Crippen LogP contribution is -2.51. The normalized spacial score (nSPS) is 26.9. The zero-order valence-electron chi connectivity index (χ0n) is 47.3. The van der Waals surface area contributed by atoms with E-state index >= 15 is 0 Å². The first-order valence-electron chi connectivity index (χ1n) is 30.6. The van der Waals surface area contributed by atoms with Gasteiger partial charge in [0.2, 0.25) is 5.91 Å². The van der Waals surface area contributed by atoms with E-state index in [-0.39, 0.29) is 12.0 Å². The summed E-state index contributed by atoms with van der Waals surface area (Å²) in [7, 11) is -4.38. The van der Waals surface area contributed by atoms with Crippen molar-refractivity contribution in [3.63, 3.8) is 0 Å². The molecule has 11 atom stereocenters. The fourth-order valence-corrected chi connectivity index (χ4v) is 14.8. The van der Waals surface area contributed by atoms with Gasteiger partial charge >= 0.3 is 10.4 Å². The molecule has 1 amide bonds. The Kier molecular flexibility index (Phi) is 32.0. The van der Waals surface area contributed by atoms with Gasteiger partial charge in [-0.25, -0.2) is 4.18 Å². The molecule has 4 aliphatic rings. The van der Waals surface area contributed by atoms with Gasteiger partial charge in [-0.05, 0) is 111 Å². The molecular formula is C61H115NO8S. The van der Waals surface area contributed by atoms with E-state index in [4.69, 9.17) is 8.74 Å². The van der Waals surface area contributed by atoms with Gasteiger partial charge in [0.25, 0.3) is 0 Å². The molecule has 0 aromatic heterocycles. The number of carbonyl (C=O) groups excluding carboxylic acids is 1. The second kappa shape index (κ2) is 35.3. The van der Waals surface area contributed by atoms with Gasteiger partial charge in [0.1, 0.15) is 6.10 Å². The van der Waals surface area contributed by atoms with Crippen LogP contribution < -0.4 is 5.32 Å². The molecule has 418 valence electrons. The van der Waals surface area contributed by atoms with E-state index in [0.717, 1.165) is 74.5 Å². The topological polar surface area (TPSA) is 153 Å². The van der Waals surface area contributed by atoms with E-state index in [1.54, 1.807) is 0 Å². The first-order valence-corrected chi connectivity index (χ1v) is 32.0. The summed E-state index contributed by atoms with van der Waals surface area (Å²) in [5.74, 6) is 4.36. The summed E-state index contributed by atoms with van der Waals surface area (Å²) < 4.78 is 36.6. The van der Waals surface area contributed by atoms with Crippen molar-refractivity contribution in [2.75, 3.05) is 6.61 Å².